The molecule has 1 aliphatic heterocycles. The summed E-state index contributed by atoms with van der Waals surface area (Å²) in [6.45, 7) is 3.77. The number of benzene rings is 2. The first kappa shape index (κ1) is 17.8. The smallest absolute Gasteiger partial charge is 0.275 e. The van der Waals surface area contributed by atoms with Crippen LogP contribution in [-0.4, -0.2) is 29.2 Å². The van der Waals surface area contributed by atoms with Crippen molar-refractivity contribution in [2.75, 3.05) is 23.6 Å². The van der Waals surface area contributed by atoms with E-state index in [1.807, 2.05) is 18.2 Å². The SMILES string of the molecule is CCN(Cc1ccccc1)c1cnc(C(=O)Nc2ccc3c(c2)OCO3)cn1. The molecule has 1 amide bonds. The molecular weight excluding hydrogens is 356 g/mol. The van der Waals surface area contributed by atoms with Crippen molar-refractivity contribution >= 4 is 17.4 Å². The number of fused-ring (bicyclic) bond motifs is 1. The number of carbonyl (C=O) groups is 1. The number of rotatable bonds is 6. The normalized spacial score (nSPS) is 11.9. The zero-order chi connectivity index (χ0) is 19.3. The molecule has 0 spiro atoms. The molecule has 0 fully saturated rings. The number of nitrogens with one attached hydrogen (secondary N) is 1. The van der Waals surface area contributed by atoms with Gasteiger partial charge in [0.25, 0.3) is 5.91 Å². The summed E-state index contributed by atoms with van der Waals surface area (Å²) >= 11 is 0. The first-order chi connectivity index (χ1) is 13.7. The topological polar surface area (TPSA) is 76.6 Å². The van der Waals surface area contributed by atoms with Gasteiger partial charge in [0.15, 0.2) is 11.5 Å². The van der Waals surface area contributed by atoms with E-state index in [0.717, 1.165) is 18.9 Å². The number of nitrogens with zero attached hydrogens (tertiary/aromatic N) is 3. The van der Waals surface area contributed by atoms with Crippen LogP contribution < -0.4 is 19.7 Å². The maximum Gasteiger partial charge on any atom is 0.275 e. The Morgan fingerprint density at radius 2 is 1.89 bits per heavy atom. The van der Waals surface area contributed by atoms with Gasteiger partial charge in [0.2, 0.25) is 6.79 Å². The minimum atomic E-state index is -0.330. The minimum Gasteiger partial charge on any atom is -0.454 e. The third kappa shape index (κ3) is 3.88. The van der Waals surface area contributed by atoms with Gasteiger partial charge in [0, 0.05) is 24.8 Å². The molecule has 7 heteroatoms. The lowest BCUT2D eigenvalue weighted by Gasteiger charge is -2.21. The molecule has 1 aliphatic rings. The number of carbonyl (C=O) groups excluding carboxylic acids is 1. The molecule has 1 N–H and O–H groups in total. The fraction of sp³-hybridized carbons (Fsp3) is 0.190. The van der Waals surface area contributed by atoms with Crippen molar-refractivity contribution < 1.29 is 14.3 Å². The van der Waals surface area contributed by atoms with Gasteiger partial charge in [0.05, 0.1) is 12.4 Å². The Kier molecular flexibility index (Phi) is 5.05. The van der Waals surface area contributed by atoms with Crippen LogP contribution in [0.1, 0.15) is 23.0 Å². The zero-order valence-electron chi connectivity index (χ0n) is 15.5. The highest BCUT2D eigenvalue weighted by molar-refractivity contribution is 6.02. The van der Waals surface area contributed by atoms with Crippen LogP contribution in [0.15, 0.2) is 60.9 Å². The van der Waals surface area contributed by atoms with E-state index < -0.39 is 0 Å². The first-order valence-electron chi connectivity index (χ1n) is 9.05. The van der Waals surface area contributed by atoms with Gasteiger partial charge in [-0.05, 0) is 24.6 Å². The van der Waals surface area contributed by atoms with Crippen molar-refractivity contribution in [3.63, 3.8) is 0 Å². The maximum atomic E-state index is 12.5. The first-order valence-corrected chi connectivity index (χ1v) is 9.05. The summed E-state index contributed by atoms with van der Waals surface area (Å²) in [7, 11) is 0. The number of hydrogen-bond acceptors (Lipinski definition) is 6. The average Bonchev–Trinajstić information content (AvgIpc) is 3.21. The number of ether oxygens (including phenoxy) is 2. The molecule has 2 aromatic carbocycles. The third-order valence-electron chi connectivity index (χ3n) is 4.42. The predicted molar refractivity (Wildman–Crippen MR) is 106 cm³/mol. The lowest BCUT2D eigenvalue weighted by atomic mass is 10.2. The van der Waals surface area contributed by atoms with Crippen LogP contribution in [0.2, 0.25) is 0 Å². The second kappa shape index (κ2) is 7.96. The molecule has 0 aliphatic carbocycles. The van der Waals surface area contributed by atoms with Crippen LogP contribution in [0.3, 0.4) is 0 Å². The quantitative estimate of drug-likeness (QED) is 0.710. The van der Waals surface area contributed by atoms with Crippen molar-refractivity contribution in [2.24, 2.45) is 0 Å². The van der Waals surface area contributed by atoms with Gasteiger partial charge < -0.3 is 19.7 Å². The van der Waals surface area contributed by atoms with Crippen molar-refractivity contribution in [3.8, 4) is 11.5 Å². The molecule has 0 atom stereocenters. The van der Waals surface area contributed by atoms with Crippen LogP contribution in [0, 0.1) is 0 Å². The standard InChI is InChI=1S/C21H20N4O3/c1-2-25(13-15-6-4-3-5-7-15)20-12-22-17(11-23-20)21(26)24-16-8-9-18-19(10-16)28-14-27-18/h3-12H,2,13-14H2,1H3,(H,24,26). The molecule has 4 rings (SSSR count). The van der Waals surface area contributed by atoms with Gasteiger partial charge in [-0.15, -0.1) is 0 Å². The summed E-state index contributed by atoms with van der Waals surface area (Å²) in [6.07, 6.45) is 3.12. The van der Waals surface area contributed by atoms with E-state index >= 15 is 0 Å². The molecule has 0 radical (unpaired) electrons. The Hall–Kier alpha value is -3.61. The highest BCUT2D eigenvalue weighted by Gasteiger charge is 2.16. The Bertz CT molecular complexity index is 961. The monoisotopic (exact) mass is 376 g/mol. The maximum absolute atomic E-state index is 12.5. The molecular formula is C21H20N4O3. The third-order valence-corrected chi connectivity index (χ3v) is 4.42. The Balaban J connectivity index is 1.44. The molecule has 7 nitrogen and oxygen atoms in total. The van der Waals surface area contributed by atoms with Gasteiger partial charge in [-0.1, -0.05) is 30.3 Å². The minimum absolute atomic E-state index is 0.191. The summed E-state index contributed by atoms with van der Waals surface area (Å²) in [5.74, 6) is 1.67. The summed E-state index contributed by atoms with van der Waals surface area (Å²) in [6, 6.07) is 15.4. The average molecular weight is 376 g/mol. The largest absolute Gasteiger partial charge is 0.454 e. The molecule has 3 aromatic rings. The lowest BCUT2D eigenvalue weighted by molar-refractivity contribution is 0.102. The number of aromatic nitrogens is 2. The molecule has 28 heavy (non-hydrogen) atoms. The second-order valence-corrected chi connectivity index (χ2v) is 6.28. The Labute approximate surface area is 163 Å². The highest BCUT2D eigenvalue weighted by Crippen LogP contribution is 2.34. The van der Waals surface area contributed by atoms with E-state index in [0.29, 0.717) is 17.2 Å². The molecule has 0 saturated heterocycles. The summed E-state index contributed by atoms with van der Waals surface area (Å²) in [5.41, 5.74) is 2.05. The van der Waals surface area contributed by atoms with E-state index in [9.17, 15) is 4.79 Å². The summed E-state index contributed by atoms with van der Waals surface area (Å²) in [4.78, 5) is 23.3. The van der Waals surface area contributed by atoms with E-state index in [-0.39, 0.29) is 18.4 Å². The second-order valence-electron chi connectivity index (χ2n) is 6.28. The number of hydrogen-bond donors (Lipinski definition) is 1. The number of amides is 1. The molecule has 1 aromatic heterocycles. The van der Waals surface area contributed by atoms with E-state index in [1.165, 1.54) is 11.8 Å². The van der Waals surface area contributed by atoms with Crippen molar-refractivity contribution in [3.05, 3.63) is 72.2 Å². The van der Waals surface area contributed by atoms with Crippen molar-refractivity contribution in [2.45, 2.75) is 13.5 Å². The van der Waals surface area contributed by atoms with Crippen molar-refractivity contribution in [1.29, 1.82) is 0 Å². The van der Waals surface area contributed by atoms with Gasteiger partial charge >= 0.3 is 0 Å². The van der Waals surface area contributed by atoms with Gasteiger partial charge in [0.1, 0.15) is 11.5 Å². The van der Waals surface area contributed by atoms with Gasteiger partial charge in [-0.2, -0.15) is 0 Å². The molecule has 2 heterocycles. The fourth-order valence-corrected chi connectivity index (χ4v) is 2.93. The number of anilines is 2. The van der Waals surface area contributed by atoms with E-state index in [4.69, 9.17) is 9.47 Å². The molecule has 0 saturated carbocycles. The van der Waals surface area contributed by atoms with Gasteiger partial charge in [-0.25, -0.2) is 9.97 Å². The summed E-state index contributed by atoms with van der Waals surface area (Å²) < 4.78 is 10.6. The van der Waals surface area contributed by atoms with Crippen LogP contribution >= 0.6 is 0 Å². The Morgan fingerprint density at radius 3 is 2.64 bits per heavy atom. The molecule has 0 unspecified atom stereocenters. The van der Waals surface area contributed by atoms with Crippen LogP contribution in [0.25, 0.3) is 0 Å². The van der Waals surface area contributed by atoms with Crippen LogP contribution in [0.4, 0.5) is 11.5 Å². The fourth-order valence-electron chi connectivity index (χ4n) is 2.93. The molecule has 142 valence electrons. The lowest BCUT2D eigenvalue weighted by Crippen LogP contribution is -2.24. The molecule has 0 bridgehead atoms. The highest BCUT2D eigenvalue weighted by atomic mass is 16.7. The van der Waals surface area contributed by atoms with Crippen LogP contribution in [-0.2, 0) is 6.54 Å². The van der Waals surface area contributed by atoms with E-state index in [1.54, 1.807) is 24.4 Å². The van der Waals surface area contributed by atoms with Gasteiger partial charge in [-0.3, -0.25) is 4.79 Å². The predicted octanol–water partition coefficient (Wildman–Crippen LogP) is 3.48. The summed E-state index contributed by atoms with van der Waals surface area (Å²) in [5, 5.41) is 2.80. The zero-order valence-corrected chi connectivity index (χ0v) is 15.5. The Morgan fingerprint density at radius 1 is 1.07 bits per heavy atom. The van der Waals surface area contributed by atoms with E-state index in [2.05, 4.69) is 39.2 Å². The van der Waals surface area contributed by atoms with Crippen molar-refractivity contribution in [1.82, 2.24) is 9.97 Å². The van der Waals surface area contributed by atoms with Crippen LogP contribution in [0.5, 0.6) is 11.5 Å².